The fourth-order valence-corrected chi connectivity index (χ4v) is 1.81. The molecule has 0 unspecified atom stereocenters. The molecule has 1 aromatic carbocycles. The van der Waals surface area contributed by atoms with Gasteiger partial charge in [0, 0.05) is 18.5 Å². The van der Waals surface area contributed by atoms with Gasteiger partial charge in [0.15, 0.2) is 5.52 Å². The van der Waals surface area contributed by atoms with Gasteiger partial charge in [-0.3, -0.25) is 10.1 Å². The van der Waals surface area contributed by atoms with Crippen LogP contribution < -0.4 is 0 Å². The van der Waals surface area contributed by atoms with E-state index < -0.39 is 4.92 Å². The van der Waals surface area contributed by atoms with Gasteiger partial charge in [-0.05, 0) is 23.3 Å². The lowest BCUT2D eigenvalue weighted by Gasteiger charge is -2.04. The highest BCUT2D eigenvalue weighted by Crippen LogP contribution is 2.28. The lowest BCUT2D eigenvalue weighted by Crippen LogP contribution is -1.98. The first-order valence-electron chi connectivity index (χ1n) is 5.08. The van der Waals surface area contributed by atoms with Crippen molar-refractivity contribution >= 4 is 16.7 Å². The van der Waals surface area contributed by atoms with E-state index in [0.717, 1.165) is 5.82 Å². The highest BCUT2D eigenvalue weighted by molar-refractivity contribution is 5.90. The number of hydrogen-bond donors (Lipinski definition) is 0. The Morgan fingerprint density at radius 1 is 1.33 bits per heavy atom. The van der Waals surface area contributed by atoms with Crippen LogP contribution in [0, 0.1) is 17.0 Å². The lowest BCUT2D eigenvalue weighted by molar-refractivity contribution is -0.383. The normalized spacial score (nSPS) is 10.9. The van der Waals surface area contributed by atoms with Crippen LogP contribution in [-0.2, 0) is 0 Å². The molecule has 18 heavy (non-hydrogen) atoms. The average molecular weight is 245 g/mol. The first-order chi connectivity index (χ1) is 8.68. The number of benzene rings is 1. The van der Waals surface area contributed by atoms with Crippen LogP contribution in [0.4, 0.5) is 5.69 Å². The van der Waals surface area contributed by atoms with E-state index in [-0.39, 0.29) is 11.2 Å². The van der Waals surface area contributed by atoms with Crippen LogP contribution in [0.3, 0.4) is 0 Å². The van der Waals surface area contributed by atoms with Crippen molar-refractivity contribution < 1.29 is 9.55 Å². The van der Waals surface area contributed by atoms with E-state index in [1.54, 1.807) is 23.0 Å². The van der Waals surface area contributed by atoms with Crippen molar-refractivity contribution in [1.29, 1.82) is 0 Å². The van der Waals surface area contributed by atoms with Crippen LogP contribution in [0.25, 0.3) is 16.7 Å². The van der Waals surface area contributed by atoms with Crippen LogP contribution in [0.2, 0.25) is 0 Å². The number of hydrogen-bond acceptors (Lipinski definition) is 6. The van der Waals surface area contributed by atoms with E-state index in [0.29, 0.717) is 11.2 Å². The molecule has 8 nitrogen and oxygen atoms in total. The molecular weight excluding hydrogens is 238 g/mol. The monoisotopic (exact) mass is 245 g/mol. The summed E-state index contributed by atoms with van der Waals surface area (Å²) in [6, 6.07) is 2.97. The minimum Gasteiger partial charge on any atom is -0.302 e. The molecule has 0 spiro atoms. The van der Waals surface area contributed by atoms with Gasteiger partial charge in [-0.15, -0.1) is 0 Å². The number of nitrogens with zero attached hydrogens (tertiary/aromatic N) is 5. The molecule has 0 fully saturated rings. The standard InChI is InChI=1S/C10H7N5O3/c1-6-11-4-5-14(6)7-2-3-8(15(16)17)10-9(7)12-18-13-10/h2-5H,1H3. The molecule has 0 saturated carbocycles. The molecule has 2 heterocycles. The van der Waals surface area contributed by atoms with E-state index in [9.17, 15) is 10.1 Å². The van der Waals surface area contributed by atoms with Crippen molar-refractivity contribution in [2.45, 2.75) is 6.92 Å². The summed E-state index contributed by atoms with van der Waals surface area (Å²) in [6.07, 6.45) is 3.38. The average Bonchev–Trinajstić information content (AvgIpc) is 2.95. The fourth-order valence-electron chi connectivity index (χ4n) is 1.81. The zero-order valence-corrected chi connectivity index (χ0v) is 9.27. The second-order valence-electron chi connectivity index (χ2n) is 3.67. The molecule has 0 aliphatic rings. The largest absolute Gasteiger partial charge is 0.302 e. The van der Waals surface area contributed by atoms with Crippen LogP contribution in [0.1, 0.15) is 5.82 Å². The fraction of sp³-hybridized carbons (Fsp3) is 0.100. The minimum absolute atomic E-state index is 0.130. The number of nitro benzene ring substituents is 1. The molecule has 0 amide bonds. The number of aromatic nitrogens is 4. The zero-order valence-electron chi connectivity index (χ0n) is 9.27. The number of non-ortho nitro benzene ring substituents is 1. The Labute approximate surface area is 100.0 Å². The Morgan fingerprint density at radius 2 is 2.11 bits per heavy atom. The molecule has 0 atom stereocenters. The highest BCUT2D eigenvalue weighted by Gasteiger charge is 2.20. The minimum atomic E-state index is -0.517. The molecule has 0 radical (unpaired) electrons. The van der Waals surface area contributed by atoms with Gasteiger partial charge in [0.2, 0.25) is 5.52 Å². The van der Waals surface area contributed by atoms with Gasteiger partial charge < -0.3 is 4.57 Å². The maximum absolute atomic E-state index is 10.9. The van der Waals surface area contributed by atoms with E-state index >= 15 is 0 Å². The zero-order chi connectivity index (χ0) is 12.7. The SMILES string of the molecule is Cc1nccn1-c1ccc([N+](=O)[O-])c2nonc12. The molecule has 2 aromatic heterocycles. The van der Waals surface area contributed by atoms with E-state index in [4.69, 9.17) is 0 Å². The summed E-state index contributed by atoms with van der Waals surface area (Å²) in [7, 11) is 0. The summed E-state index contributed by atoms with van der Waals surface area (Å²) < 4.78 is 6.36. The van der Waals surface area contributed by atoms with Crippen molar-refractivity contribution in [3.63, 3.8) is 0 Å². The second kappa shape index (κ2) is 3.62. The van der Waals surface area contributed by atoms with Crippen LogP contribution in [-0.4, -0.2) is 24.8 Å². The molecule has 3 aromatic rings. The van der Waals surface area contributed by atoms with Gasteiger partial charge >= 0.3 is 5.69 Å². The summed E-state index contributed by atoms with van der Waals surface area (Å²) in [5.41, 5.74) is 0.982. The predicted octanol–water partition coefficient (Wildman–Crippen LogP) is 1.63. The summed E-state index contributed by atoms with van der Waals surface area (Å²) in [6.45, 7) is 1.82. The Kier molecular flexibility index (Phi) is 2.09. The maximum atomic E-state index is 10.9. The third-order valence-electron chi connectivity index (χ3n) is 2.65. The number of rotatable bonds is 2. The smallest absolute Gasteiger partial charge is 0.300 e. The van der Waals surface area contributed by atoms with Gasteiger partial charge in [-0.25, -0.2) is 9.61 Å². The summed E-state index contributed by atoms with van der Waals surface area (Å²) in [5.74, 6) is 0.744. The number of nitro groups is 1. The van der Waals surface area contributed by atoms with Crippen molar-refractivity contribution in [3.8, 4) is 5.69 Å². The quantitative estimate of drug-likeness (QED) is 0.502. The molecule has 0 bridgehead atoms. The number of aryl methyl sites for hydroxylation is 1. The molecule has 0 N–H and O–H groups in total. The highest BCUT2D eigenvalue weighted by atomic mass is 16.6. The predicted molar refractivity (Wildman–Crippen MR) is 60.3 cm³/mol. The Morgan fingerprint density at radius 3 is 2.78 bits per heavy atom. The number of fused-ring (bicyclic) bond motifs is 1. The second-order valence-corrected chi connectivity index (χ2v) is 3.67. The molecule has 3 rings (SSSR count). The Balaban J connectivity index is 2.34. The van der Waals surface area contributed by atoms with Gasteiger partial charge in [0.1, 0.15) is 5.82 Å². The Hall–Kier alpha value is -2.77. The topological polar surface area (TPSA) is 99.9 Å². The lowest BCUT2D eigenvalue weighted by atomic mass is 10.2. The molecule has 0 aliphatic carbocycles. The first kappa shape index (κ1) is 10.4. The Bertz CT molecular complexity index is 745. The van der Waals surface area contributed by atoms with Crippen molar-refractivity contribution in [3.05, 3.63) is 40.5 Å². The van der Waals surface area contributed by atoms with Crippen molar-refractivity contribution in [1.82, 2.24) is 19.9 Å². The van der Waals surface area contributed by atoms with E-state index in [1.807, 2.05) is 6.92 Å². The van der Waals surface area contributed by atoms with Crippen LogP contribution >= 0.6 is 0 Å². The molecule has 8 heteroatoms. The van der Waals surface area contributed by atoms with Gasteiger partial charge in [-0.1, -0.05) is 0 Å². The molecule has 0 aliphatic heterocycles. The van der Waals surface area contributed by atoms with Crippen molar-refractivity contribution in [2.24, 2.45) is 0 Å². The molecular formula is C10H7N5O3. The maximum Gasteiger partial charge on any atom is 0.300 e. The van der Waals surface area contributed by atoms with Gasteiger partial charge in [0.05, 0.1) is 10.6 Å². The van der Waals surface area contributed by atoms with Crippen LogP contribution in [0.5, 0.6) is 0 Å². The van der Waals surface area contributed by atoms with Crippen LogP contribution in [0.15, 0.2) is 29.2 Å². The third-order valence-corrected chi connectivity index (χ3v) is 2.65. The summed E-state index contributed by atoms with van der Waals surface area (Å²) in [4.78, 5) is 14.4. The van der Waals surface area contributed by atoms with Gasteiger partial charge in [-0.2, -0.15) is 0 Å². The third kappa shape index (κ3) is 1.35. The van der Waals surface area contributed by atoms with Crippen molar-refractivity contribution in [2.75, 3.05) is 0 Å². The molecule has 0 saturated heterocycles. The summed E-state index contributed by atoms with van der Waals surface area (Å²) >= 11 is 0. The van der Waals surface area contributed by atoms with Gasteiger partial charge in [0.25, 0.3) is 0 Å². The molecule has 90 valence electrons. The van der Waals surface area contributed by atoms with E-state index in [1.165, 1.54) is 6.07 Å². The number of imidazole rings is 1. The summed E-state index contributed by atoms with van der Waals surface area (Å²) in [5, 5.41) is 18.2. The van der Waals surface area contributed by atoms with E-state index in [2.05, 4.69) is 19.9 Å². The first-order valence-corrected chi connectivity index (χ1v) is 5.08.